The van der Waals surface area contributed by atoms with Crippen molar-refractivity contribution in [3.05, 3.63) is 0 Å². The summed E-state index contributed by atoms with van der Waals surface area (Å²) in [5.74, 6) is -0.630. The lowest BCUT2D eigenvalue weighted by molar-refractivity contribution is -0.142. The second-order valence-electron chi connectivity index (χ2n) is 7.07. The summed E-state index contributed by atoms with van der Waals surface area (Å²) in [5.41, 5.74) is 0. The highest BCUT2D eigenvalue weighted by molar-refractivity contribution is 7.86. The molecule has 0 amide bonds. The minimum absolute atomic E-state index is 0.0201. The van der Waals surface area contributed by atoms with Gasteiger partial charge in [0.05, 0.1) is 5.92 Å². The number of piperidine rings is 1. The van der Waals surface area contributed by atoms with Gasteiger partial charge in [0.25, 0.3) is 10.2 Å². The Bertz CT molecular complexity index is 540. The maximum Gasteiger partial charge on any atom is 0.308 e. The third-order valence-electron chi connectivity index (χ3n) is 5.50. The average Bonchev–Trinajstić information content (AvgIpc) is 3.25. The quantitative estimate of drug-likeness (QED) is 0.762. The molecule has 3 rings (SSSR count). The molecule has 0 aromatic heterocycles. The molecule has 1 saturated carbocycles. The molecule has 0 radical (unpaired) electrons. The van der Waals surface area contributed by atoms with E-state index in [-0.39, 0.29) is 12.5 Å². The van der Waals surface area contributed by atoms with Gasteiger partial charge in [-0.2, -0.15) is 17.0 Å². The van der Waals surface area contributed by atoms with Gasteiger partial charge >= 0.3 is 5.97 Å². The Balaban J connectivity index is 1.65. The van der Waals surface area contributed by atoms with Crippen molar-refractivity contribution in [2.75, 3.05) is 39.9 Å². The molecule has 0 aromatic rings. The number of hydrogen-bond donors (Lipinski definition) is 1. The van der Waals surface area contributed by atoms with E-state index in [4.69, 9.17) is 4.74 Å². The van der Waals surface area contributed by atoms with Gasteiger partial charge in [0.2, 0.25) is 0 Å². The van der Waals surface area contributed by atoms with Gasteiger partial charge < -0.3 is 9.84 Å². The molecule has 0 unspecified atom stereocenters. The second kappa shape index (κ2) is 6.66. The highest BCUT2D eigenvalue weighted by Gasteiger charge is 2.49. The van der Waals surface area contributed by atoms with Gasteiger partial charge in [-0.3, -0.25) is 4.79 Å². The number of carboxylic acids is 1. The van der Waals surface area contributed by atoms with Gasteiger partial charge in [0, 0.05) is 39.9 Å². The molecular formula is C15H26N2O5S. The van der Waals surface area contributed by atoms with Crippen LogP contribution in [0.5, 0.6) is 0 Å². The number of rotatable bonds is 6. The van der Waals surface area contributed by atoms with Crippen molar-refractivity contribution in [1.82, 2.24) is 8.61 Å². The third kappa shape index (κ3) is 3.55. The topological polar surface area (TPSA) is 87.2 Å². The number of hydrogen-bond acceptors (Lipinski definition) is 4. The predicted octanol–water partition coefficient (Wildman–Crippen LogP) is 0.632. The minimum Gasteiger partial charge on any atom is -0.481 e. The van der Waals surface area contributed by atoms with Crippen LogP contribution in [0.15, 0.2) is 0 Å². The van der Waals surface area contributed by atoms with Gasteiger partial charge in [-0.15, -0.1) is 0 Å². The van der Waals surface area contributed by atoms with Gasteiger partial charge in [-0.25, -0.2) is 0 Å². The largest absolute Gasteiger partial charge is 0.481 e. The van der Waals surface area contributed by atoms with Crippen molar-refractivity contribution in [1.29, 1.82) is 0 Å². The van der Waals surface area contributed by atoms with Crippen molar-refractivity contribution in [2.24, 2.45) is 23.7 Å². The zero-order valence-corrected chi connectivity index (χ0v) is 14.4. The molecule has 1 N–H and O–H groups in total. The molecule has 2 saturated heterocycles. The second-order valence-corrected chi connectivity index (χ2v) is 9.00. The molecule has 3 fully saturated rings. The first-order chi connectivity index (χ1) is 10.9. The van der Waals surface area contributed by atoms with Crippen LogP contribution in [0.1, 0.15) is 25.7 Å². The van der Waals surface area contributed by atoms with Gasteiger partial charge in [0.15, 0.2) is 0 Å². The van der Waals surface area contributed by atoms with Gasteiger partial charge in [-0.1, -0.05) is 0 Å². The Hall–Kier alpha value is -0.700. The van der Waals surface area contributed by atoms with Crippen molar-refractivity contribution in [3.63, 3.8) is 0 Å². The highest BCUT2D eigenvalue weighted by atomic mass is 32.2. The van der Waals surface area contributed by atoms with Crippen LogP contribution in [-0.2, 0) is 19.7 Å². The smallest absolute Gasteiger partial charge is 0.308 e. The fourth-order valence-electron chi connectivity index (χ4n) is 3.95. The standard InChI is InChI=1S/C15H26N2O5S/c1-22-10-11-4-6-16(7-5-11)23(20,21)17-8-13(12-2-3-12)14(9-17)15(18)19/h11-14H,2-10H2,1H3,(H,18,19)/t13-,14+/m0/s1. The Morgan fingerprint density at radius 3 is 2.30 bits per heavy atom. The Labute approximate surface area is 137 Å². The molecule has 3 aliphatic rings. The summed E-state index contributed by atoms with van der Waals surface area (Å²) in [7, 11) is -1.88. The predicted molar refractivity (Wildman–Crippen MR) is 84.0 cm³/mol. The summed E-state index contributed by atoms with van der Waals surface area (Å²) < 4.78 is 33.7. The number of ether oxygens (including phenoxy) is 1. The molecule has 132 valence electrons. The first-order valence-electron chi connectivity index (χ1n) is 8.40. The van der Waals surface area contributed by atoms with Gasteiger partial charge in [-0.05, 0) is 43.4 Å². The normalized spacial score (nSPS) is 31.5. The van der Waals surface area contributed by atoms with E-state index in [0.717, 1.165) is 25.7 Å². The molecular weight excluding hydrogens is 320 g/mol. The summed E-state index contributed by atoms with van der Waals surface area (Å²) in [6.45, 7) is 2.15. The lowest BCUT2D eigenvalue weighted by Gasteiger charge is -2.33. The van der Waals surface area contributed by atoms with Crippen molar-refractivity contribution in [3.8, 4) is 0 Å². The van der Waals surface area contributed by atoms with E-state index >= 15 is 0 Å². The molecule has 8 heteroatoms. The van der Waals surface area contributed by atoms with Crippen LogP contribution in [0.2, 0.25) is 0 Å². The van der Waals surface area contributed by atoms with Crippen molar-refractivity contribution in [2.45, 2.75) is 25.7 Å². The highest BCUT2D eigenvalue weighted by Crippen LogP contribution is 2.45. The van der Waals surface area contributed by atoms with Crippen LogP contribution in [0.4, 0.5) is 0 Å². The fraction of sp³-hybridized carbons (Fsp3) is 0.933. The van der Waals surface area contributed by atoms with Crippen molar-refractivity contribution >= 4 is 16.2 Å². The average molecular weight is 346 g/mol. The summed E-state index contributed by atoms with van der Waals surface area (Å²) >= 11 is 0. The molecule has 1 aliphatic carbocycles. The zero-order valence-electron chi connectivity index (χ0n) is 13.6. The maximum atomic E-state index is 12.8. The number of carbonyl (C=O) groups is 1. The van der Waals surface area contributed by atoms with E-state index in [2.05, 4.69) is 0 Å². The van der Waals surface area contributed by atoms with Crippen LogP contribution in [0.3, 0.4) is 0 Å². The van der Waals surface area contributed by atoms with Crippen LogP contribution < -0.4 is 0 Å². The first-order valence-corrected chi connectivity index (χ1v) is 9.80. The summed E-state index contributed by atoms with van der Waals surface area (Å²) in [4.78, 5) is 11.5. The monoisotopic (exact) mass is 346 g/mol. The number of methoxy groups -OCH3 is 1. The molecule has 0 bridgehead atoms. The Morgan fingerprint density at radius 1 is 1.13 bits per heavy atom. The van der Waals surface area contributed by atoms with Crippen LogP contribution in [0, 0.1) is 23.7 Å². The maximum absolute atomic E-state index is 12.8. The minimum atomic E-state index is -3.54. The Morgan fingerprint density at radius 2 is 1.78 bits per heavy atom. The van der Waals surface area contributed by atoms with Crippen LogP contribution in [0.25, 0.3) is 0 Å². The number of carboxylic acid groups (broad SMARTS) is 1. The summed E-state index contributed by atoms with van der Waals surface area (Å²) in [5, 5.41) is 9.40. The lowest BCUT2D eigenvalue weighted by atomic mass is 9.92. The summed E-state index contributed by atoms with van der Waals surface area (Å²) in [6.07, 6.45) is 3.67. The summed E-state index contributed by atoms with van der Waals surface area (Å²) in [6, 6.07) is 0. The van der Waals surface area contributed by atoms with Gasteiger partial charge in [0.1, 0.15) is 0 Å². The van der Waals surface area contributed by atoms with Crippen LogP contribution in [-0.4, -0.2) is 68.0 Å². The van der Waals surface area contributed by atoms with E-state index in [9.17, 15) is 18.3 Å². The first kappa shape index (κ1) is 17.1. The molecule has 23 heavy (non-hydrogen) atoms. The van der Waals surface area contributed by atoms with E-state index in [1.165, 1.54) is 8.61 Å². The fourth-order valence-corrected chi connectivity index (χ4v) is 5.66. The molecule has 7 nitrogen and oxygen atoms in total. The molecule has 2 heterocycles. The van der Waals surface area contributed by atoms with E-state index < -0.39 is 22.1 Å². The van der Waals surface area contributed by atoms with Crippen LogP contribution >= 0.6 is 0 Å². The Kier molecular flexibility index (Phi) is 4.96. The molecule has 2 aliphatic heterocycles. The van der Waals surface area contributed by atoms with E-state index in [0.29, 0.717) is 38.1 Å². The van der Waals surface area contributed by atoms with E-state index in [1.54, 1.807) is 7.11 Å². The molecule has 0 aromatic carbocycles. The molecule has 0 spiro atoms. The van der Waals surface area contributed by atoms with E-state index in [1.807, 2.05) is 0 Å². The van der Waals surface area contributed by atoms with Crippen molar-refractivity contribution < 1.29 is 23.1 Å². The SMILES string of the molecule is COCC1CCN(S(=O)(=O)N2C[C@@H](C(=O)O)[C@H](C3CC3)C2)CC1. The number of aliphatic carboxylic acids is 1. The zero-order chi connectivity index (χ0) is 16.6. The third-order valence-corrected chi connectivity index (χ3v) is 7.47. The molecule has 2 atom stereocenters. The number of nitrogens with zero attached hydrogens (tertiary/aromatic N) is 2. The lowest BCUT2D eigenvalue weighted by Crippen LogP contribution is -2.47.